The molecule has 0 saturated heterocycles. The monoisotopic (exact) mass is 466 g/mol. The van der Waals surface area contributed by atoms with Gasteiger partial charge in [-0.25, -0.2) is 4.79 Å². The zero-order chi connectivity index (χ0) is 24.7. The summed E-state index contributed by atoms with van der Waals surface area (Å²) < 4.78 is 5.58. The number of ether oxygens (including phenoxy) is 1. The van der Waals surface area contributed by atoms with Gasteiger partial charge in [-0.3, -0.25) is 9.59 Å². The highest BCUT2D eigenvalue weighted by Gasteiger charge is 2.30. The quantitative estimate of drug-likeness (QED) is 0.450. The molecule has 0 bridgehead atoms. The van der Waals surface area contributed by atoms with E-state index in [9.17, 15) is 19.5 Å². The number of amides is 2. The van der Waals surface area contributed by atoms with Crippen LogP contribution in [0.4, 0.5) is 4.79 Å². The highest BCUT2D eigenvalue weighted by molar-refractivity contribution is 5.86. The Bertz CT molecular complexity index is 974. The largest absolute Gasteiger partial charge is 0.481 e. The zero-order valence-corrected chi connectivity index (χ0v) is 20.0. The lowest BCUT2D eigenvalue weighted by Gasteiger charge is -2.22. The number of fused-ring (bicyclic) bond motifs is 3. The molecule has 2 atom stereocenters. The minimum absolute atomic E-state index is 0.0307. The summed E-state index contributed by atoms with van der Waals surface area (Å²) in [6, 6.07) is 15.4. The Hall–Kier alpha value is -3.35. The van der Waals surface area contributed by atoms with Gasteiger partial charge in [0.25, 0.3) is 0 Å². The molecule has 0 aliphatic heterocycles. The Balaban J connectivity index is 1.62. The van der Waals surface area contributed by atoms with Gasteiger partial charge in [0, 0.05) is 12.5 Å². The van der Waals surface area contributed by atoms with Gasteiger partial charge in [0.05, 0.1) is 5.92 Å². The molecule has 3 rings (SSSR count). The number of nitrogens with one attached hydrogen (secondary N) is 2. The van der Waals surface area contributed by atoms with Crippen LogP contribution in [-0.4, -0.2) is 42.3 Å². The maximum atomic E-state index is 12.8. The third kappa shape index (κ3) is 6.16. The van der Waals surface area contributed by atoms with E-state index >= 15 is 0 Å². The third-order valence-electron chi connectivity index (χ3n) is 6.17. The number of hydrogen-bond donors (Lipinski definition) is 3. The van der Waals surface area contributed by atoms with E-state index < -0.39 is 29.9 Å². The molecule has 0 aromatic heterocycles. The Morgan fingerprint density at radius 3 is 2.12 bits per heavy atom. The molecule has 3 N–H and O–H groups in total. The molecule has 7 heteroatoms. The minimum atomic E-state index is -0.938. The lowest BCUT2D eigenvalue weighted by Crippen LogP contribution is -2.49. The van der Waals surface area contributed by atoms with E-state index in [1.54, 1.807) is 0 Å². The number of carboxylic acids is 1. The molecule has 34 heavy (non-hydrogen) atoms. The van der Waals surface area contributed by atoms with Crippen molar-refractivity contribution >= 4 is 18.0 Å². The van der Waals surface area contributed by atoms with Crippen molar-refractivity contribution in [2.45, 2.75) is 52.0 Å². The first-order valence-electron chi connectivity index (χ1n) is 11.9. The Labute approximate surface area is 200 Å². The maximum absolute atomic E-state index is 12.8. The third-order valence-corrected chi connectivity index (χ3v) is 6.17. The first kappa shape index (κ1) is 25.3. The molecule has 182 valence electrons. The van der Waals surface area contributed by atoms with Crippen LogP contribution in [0, 0.1) is 11.8 Å². The summed E-state index contributed by atoms with van der Waals surface area (Å²) in [7, 11) is 0. The highest BCUT2D eigenvalue weighted by atomic mass is 16.5. The van der Waals surface area contributed by atoms with Crippen molar-refractivity contribution in [3.05, 3.63) is 59.7 Å². The van der Waals surface area contributed by atoms with Gasteiger partial charge in [-0.05, 0) is 41.0 Å². The fraction of sp³-hybridized carbons (Fsp3) is 0.444. The van der Waals surface area contributed by atoms with Crippen LogP contribution >= 0.6 is 0 Å². The second kappa shape index (κ2) is 11.7. The van der Waals surface area contributed by atoms with Crippen LogP contribution in [0.25, 0.3) is 11.1 Å². The summed E-state index contributed by atoms with van der Waals surface area (Å²) >= 11 is 0. The second-order valence-corrected chi connectivity index (χ2v) is 9.22. The molecule has 0 radical (unpaired) electrons. The van der Waals surface area contributed by atoms with Gasteiger partial charge in [-0.15, -0.1) is 0 Å². The number of benzene rings is 2. The fourth-order valence-corrected chi connectivity index (χ4v) is 4.49. The molecule has 2 aromatic carbocycles. The number of aliphatic carboxylic acids is 1. The predicted octanol–water partition coefficient (Wildman–Crippen LogP) is 4.56. The summed E-state index contributed by atoms with van der Waals surface area (Å²) in [5, 5.41) is 14.7. The van der Waals surface area contributed by atoms with E-state index in [4.69, 9.17) is 4.74 Å². The second-order valence-electron chi connectivity index (χ2n) is 9.22. The Kier molecular flexibility index (Phi) is 8.68. The van der Waals surface area contributed by atoms with Crippen LogP contribution in [0.1, 0.15) is 57.1 Å². The van der Waals surface area contributed by atoms with Gasteiger partial charge in [0.1, 0.15) is 12.6 Å². The van der Waals surface area contributed by atoms with Crippen LogP contribution in [0.15, 0.2) is 48.5 Å². The van der Waals surface area contributed by atoms with Gasteiger partial charge < -0.3 is 20.5 Å². The summed E-state index contributed by atoms with van der Waals surface area (Å²) in [4.78, 5) is 36.8. The van der Waals surface area contributed by atoms with Crippen LogP contribution < -0.4 is 10.6 Å². The van der Waals surface area contributed by atoms with Crippen molar-refractivity contribution in [1.82, 2.24) is 10.6 Å². The topological polar surface area (TPSA) is 105 Å². The average Bonchev–Trinajstić information content (AvgIpc) is 3.13. The molecule has 1 unspecified atom stereocenters. The number of carbonyl (C=O) groups excluding carboxylic acids is 2. The molecule has 0 heterocycles. The molecule has 2 amide bonds. The van der Waals surface area contributed by atoms with E-state index in [1.807, 2.05) is 57.2 Å². The fourth-order valence-electron chi connectivity index (χ4n) is 4.49. The van der Waals surface area contributed by atoms with E-state index in [2.05, 4.69) is 22.8 Å². The number of carbonyl (C=O) groups is 3. The smallest absolute Gasteiger partial charge is 0.407 e. The average molecular weight is 467 g/mol. The maximum Gasteiger partial charge on any atom is 0.407 e. The lowest BCUT2D eigenvalue weighted by molar-refractivity contribution is -0.142. The van der Waals surface area contributed by atoms with E-state index in [-0.39, 0.29) is 25.0 Å². The molecule has 0 saturated carbocycles. The van der Waals surface area contributed by atoms with Gasteiger partial charge >= 0.3 is 12.1 Å². The molecule has 0 fully saturated rings. The van der Waals surface area contributed by atoms with Crippen molar-refractivity contribution in [2.75, 3.05) is 13.2 Å². The predicted molar refractivity (Wildman–Crippen MR) is 130 cm³/mol. The van der Waals surface area contributed by atoms with Crippen LogP contribution in [0.5, 0.6) is 0 Å². The van der Waals surface area contributed by atoms with E-state index in [1.165, 1.54) is 0 Å². The summed E-state index contributed by atoms with van der Waals surface area (Å²) in [5.74, 6) is -1.91. The van der Waals surface area contributed by atoms with Crippen molar-refractivity contribution in [1.29, 1.82) is 0 Å². The molecular weight excluding hydrogens is 432 g/mol. The molecule has 2 aromatic rings. The van der Waals surface area contributed by atoms with Crippen LogP contribution in [0.3, 0.4) is 0 Å². The summed E-state index contributed by atoms with van der Waals surface area (Å²) in [6.45, 7) is 6.00. The van der Waals surface area contributed by atoms with Gasteiger partial charge in [-0.1, -0.05) is 75.7 Å². The minimum Gasteiger partial charge on any atom is -0.481 e. The van der Waals surface area contributed by atoms with Gasteiger partial charge in [-0.2, -0.15) is 0 Å². The molecule has 0 spiro atoms. The van der Waals surface area contributed by atoms with Crippen LogP contribution in [-0.2, 0) is 14.3 Å². The first-order valence-corrected chi connectivity index (χ1v) is 11.9. The van der Waals surface area contributed by atoms with Gasteiger partial charge in [0.2, 0.25) is 5.91 Å². The van der Waals surface area contributed by atoms with Crippen molar-refractivity contribution in [2.24, 2.45) is 11.8 Å². The standard InChI is InChI=1S/C27H34N2O5/c1-4-9-18(26(31)32)15-28-25(30)24(14-17(2)3)29-27(33)34-16-23-21-12-7-5-10-19(21)20-11-6-8-13-22(20)23/h5-8,10-13,17-18,23-24H,4,9,14-16H2,1-3H3,(H,28,30)(H,29,33)(H,31,32)/t18?,24-/m0/s1. The molecule has 1 aliphatic rings. The number of hydrogen-bond acceptors (Lipinski definition) is 4. The molecule has 1 aliphatic carbocycles. The van der Waals surface area contributed by atoms with Crippen LogP contribution in [0.2, 0.25) is 0 Å². The number of rotatable bonds is 11. The van der Waals surface area contributed by atoms with Crippen molar-refractivity contribution in [3.63, 3.8) is 0 Å². The summed E-state index contributed by atoms with van der Waals surface area (Å²) in [6.07, 6.45) is 0.942. The zero-order valence-electron chi connectivity index (χ0n) is 20.0. The number of carboxylic acid groups (broad SMARTS) is 1. The Morgan fingerprint density at radius 1 is 1.00 bits per heavy atom. The highest BCUT2D eigenvalue weighted by Crippen LogP contribution is 2.44. The van der Waals surface area contributed by atoms with Crippen molar-refractivity contribution in [3.8, 4) is 11.1 Å². The SMILES string of the molecule is CCCC(CNC(=O)[C@H](CC(C)C)NC(=O)OCC1c2ccccc2-c2ccccc21)C(=O)O. The molecule has 7 nitrogen and oxygen atoms in total. The van der Waals surface area contributed by atoms with Gasteiger partial charge in [0.15, 0.2) is 0 Å². The number of alkyl carbamates (subject to hydrolysis) is 1. The van der Waals surface area contributed by atoms with E-state index in [0.29, 0.717) is 19.3 Å². The first-order chi connectivity index (χ1) is 16.3. The van der Waals surface area contributed by atoms with E-state index in [0.717, 1.165) is 22.3 Å². The normalized spacial score (nSPS) is 14.1. The lowest BCUT2D eigenvalue weighted by atomic mass is 9.98. The molecular formula is C27H34N2O5. The van der Waals surface area contributed by atoms with Crippen molar-refractivity contribution < 1.29 is 24.2 Å². The Morgan fingerprint density at radius 2 is 1.59 bits per heavy atom. The summed E-state index contributed by atoms with van der Waals surface area (Å²) in [5.41, 5.74) is 4.51.